The molecule has 2 rings (SSSR count). The van der Waals surface area contributed by atoms with Crippen molar-refractivity contribution in [3.8, 4) is 0 Å². The molecule has 19 heavy (non-hydrogen) atoms. The summed E-state index contributed by atoms with van der Waals surface area (Å²) in [6.07, 6.45) is 6.02. The van der Waals surface area contributed by atoms with Crippen molar-refractivity contribution >= 4 is 38.7 Å². The van der Waals surface area contributed by atoms with Crippen molar-refractivity contribution in [2.24, 2.45) is 0 Å². The number of alkyl halides is 1. The number of hydrogen-bond donors (Lipinski definition) is 0. The summed E-state index contributed by atoms with van der Waals surface area (Å²) in [5.41, 5.74) is 1.92. The van der Waals surface area contributed by atoms with Crippen molar-refractivity contribution in [3.05, 3.63) is 22.6 Å². The zero-order valence-corrected chi connectivity index (χ0v) is 13.7. The van der Waals surface area contributed by atoms with Gasteiger partial charge in [-0.3, -0.25) is 0 Å². The molecule has 104 valence electrons. The van der Waals surface area contributed by atoms with E-state index in [1.54, 1.807) is 0 Å². The summed E-state index contributed by atoms with van der Waals surface area (Å²) in [5.74, 6) is 1.64. The molecule has 1 atom stereocenters. The SMILES string of the molecule is CCCC(CC)n1c(CCCl)nc2cc(Br)cnc21. The molecule has 0 saturated carbocycles. The van der Waals surface area contributed by atoms with Gasteiger partial charge in [-0.25, -0.2) is 9.97 Å². The quantitative estimate of drug-likeness (QED) is 0.709. The second-order valence-electron chi connectivity index (χ2n) is 4.68. The van der Waals surface area contributed by atoms with E-state index in [2.05, 4.69) is 39.3 Å². The summed E-state index contributed by atoms with van der Waals surface area (Å²) in [5, 5.41) is 0. The molecular formula is C14H19BrClN3. The average molecular weight is 345 g/mol. The van der Waals surface area contributed by atoms with Crippen molar-refractivity contribution in [1.29, 1.82) is 0 Å². The smallest absolute Gasteiger partial charge is 0.160 e. The standard InChI is InChI=1S/C14H19BrClN3/c1-3-5-11(4-2)19-13(6-7-16)18-12-8-10(15)9-17-14(12)19/h8-9,11H,3-7H2,1-2H3. The molecule has 3 nitrogen and oxygen atoms in total. The first-order chi connectivity index (χ1) is 9.21. The number of imidazole rings is 1. The highest BCUT2D eigenvalue weighted by Gasteiger charge is 2.18. The molecule has 5 heteroatoms. The van der Waals surface area contributed by atoms with E-state index >= 15 is 0 Å². The minimum absolute atomic E-state index is 0.460. The van der Waals surface area contributed by atoms with Crippen LogP contribution in [-0.4, -0.2) is 20.4 Å². The lowest BCUT2D eigenvalue weighted by Gasteiger charge is -2.19. The van der Waals surface area contributed by atoms with Crippen LogP contribution in [0.2, 0.25) is 0 Å². The Balaban J connectivity index is 2.56. The molecule has 1 unspecified atom stereocenters. The second kappa shape index (κ2) is 6.71. The third-order valence-electron chi connectivity index (χ3n) is 3.35. The first-order valence-electron chi connectivity index (χ1n) is 6.79. The van der Waals surface area contributed by atoms with Crippen LogP contribution in [0, 0.1) is 0 Å². The van der Waals surface area contributed by atoms with Gasteiger partial charge in [-0.1, -0.05) is 20.3 Å². The lowest BCUT2D eigenvalue weighted by atomic mass is 10.1. The highest BCUT2D eigenvalue weighted by atomic mass is 79.9. The Kier molecular flexibility index (Phi) is 5.22. The number of hydrogen-bond acceptors (Lipinski definition) is 2. The third-order valence-corrected chi connectivity index (χ3v) is 3.97. The predicted molar refractivity (Wildman–Crippen MR) is 83.9 cm³/mol. The summed E-state index contributed by atoms with van der Waals surface area (Å²) in [6.45, 7) is 4.43. The van der Waals surface area contributed by atoms with Gasteiger partial charge in [0, 0.05) is 29.0 Å². The fraction of sp³-hybridized carbons (Fsp3) is 0.571. The molecule has 0 bridgehead atoms. The number of aromatic nitrogens is 3. The molecule has 0 aliphatic carbocycles. The van der Waals surface area contributed by atoms with Gasteiger partial charge in [0.1, 0.15) is 11.3 Å². The third kappa shape index (κ3) is 3.11. The van der Waals surface area contributed by atoms with Crippen molar-refractivity contribution in [1.82, 2.24) is 14.5 Å². The molecule has 0 saturated heterocycles. The molecule has 0 aliphatic heterocycles. The lowest BCUT2D eigenvalue weighted by molar-refractivity contribution is 0.443. The van der Waals surface area contributed by atoms with Gasteiger partial charge in [-0.15, -0.1) is 11.6 Å². The van der Waals surface area contributed by atoms with Crippen molar-refractivity contribution < 1.29 is 0 Å². The molecule has 2 heterocycles. The number of fused-ring (bicyclic) bond motifs is 1. The second-order valence-corrected chi connectivity index (χ2v) is 5.98. The number of aryl methyl sites for hydroxylation is 1. The van der Waals surface area contributed by atoms with Crippen molar-refractivity contribution in [2.45, 2.75) is 45.6 Å². The van der Waals surface area contributed by atoms with Gasteiger partial charge in [-0.2, -0.15) is 0 Å². The topological polar surface area (TPSA) is 30.7 Å². The van der Waals surface area contributed by atoms with Gasteiger partial charge in [0.25, 0.3) is 0 Å². The molecule has 2 aromatic heterocycles. The largest absolute Gasteiger partial charge is 0.310 e. The molecule has 0 fully saturated rings. The zero-order valence-electron chi connectivity index (χ0n) is 11.4. The Morgan fingerprint density at radius 3 is 2.84 bits per heavy atom. The van der Waals surface area contributed by atoms with Crippen LogP contribution in [0.5, 0.6) is 0 Å². The van der Waals surface area contributed by atoms with Crippen molar-refractivity contribution in [3.63, 3.8) is 0 Å². The van der Waals surface area contributed by atoms with Crippen LogP contribution < -0.4 is 0 Å². The van der Waals surface area contributed by atoms with E-state index in [0.717, 1.165) is 47.1 Å². The average Bonchev–Trinajstić information content (AvgIpc) is 2.73. The van der Waals surface area contributed by atoms with E-state index in [9.17, 15) is 0 Å². The van der Waals surface area contributed by atoms with E-state index in [1.807, 2.05) is 12.3 Å². The summed E-state index contributed by atoms with van der Waals surface area (Å²) < 4.78 is 3.25. The van der Waals surface area contributed by atoms with Crippen LogP contribution in [0.3, 0.4) is 0 Å². The molecule has 0 radical (unpaired) electrons. The Hall–Kier alpha value is -0.610. The van der Waals surface area contributed by atoms with Gasteiger partial charge >= 0.3 is 0 Å². The molecule has 0 aromatic carbocycles. The molecule has 0 spiro atoms. The Labute approximate surface area is 127 Å². The van der Waals surface area contributed by atoms with Gasteiger partial charge in [0.2, 0.25) is 0 Å². The van der Waals surface area contributed by atoms with Crippen LogP contribution in [0.25, 0.3) is 11.2 Å². The monoisotopic (exact) mass is 343 g/mol. The molecule has 0 aliphatic rings. The first kappa shape index (κ1) is 14.8. The fourth-order valence-corrected chi connectivity index (χ4v) is 2.99. The number of pyridine rings is 1. The van der Waals surface area contributed by atoms with E-state index < -0.39 is 0 Å². The predicted octanol–water partition coefficient (Wildman–Crippen LogP) is 4.73. The maximum Gasteiger partial charge on any atom is 0.160 e. The first-order valence-corrected chi connectivity index (χ1v) is 8.12. The summed E-state index contributed by atoms with van der Waals surface area (Å²) >= 11 is 9.36. The van der Waals surface area contributed by atoms with E-state index in [-0.39, 0.29) is 0 Å². The lowest BCUT2D eigenvalue weighted by Crippen LogP contribution is -2.12. The van der Waals surface area contributed by atoms with Gasteiger partial charge in [0.15, 0.2) is 5.65 Å². The van der Waals surface area contributed by atoms with Crippen LogP contribution >= 0.6 is 27.5 Å². The molecular weight excluding hydrogens is 326 g/mol. The van der Waals surface area contributed by atoms with Crippen LogP contribution in [0.1, 0.15) is 45.0 Å². The zero-order chi connectivity index (χ0) is 13.8. The highest BCUT2D eigenvalue weighted by Crippen LogP contribution is 2.27. The van der Waals surface area contributed by atoms with Crippen LogP contribution in [-0.2, 0) is 6.42 Å². The Morgan fingerprint density at radius 1 is 1.42 bits per heavy atom. The minimum atomic E-state index is 0.460. The molecule has 0 N–H and O–H groups in total. The number of nitrogens with zero attached hydrogens (tertiary/aromatic N) is 3. The van der Waals surface area contributed by atoms with Gasteiger partial charge in [0.05, 0.1) is 0 Å². The van der Waals surface area contributed by atoms with Crippen LogP contribution in [0.15, 0.2) is 16.7 Å². The van der Waals surface area contributed by atoms with Gasteiger partial charge in [-0.05, 0) is 34.8 Å². The van der Waals surface area contributed by atoms with Crippen LogP contribution in [0.4, 0.5) is 0 Å². The molecule has 0 amide bonds. The van der Waals surface area contributed by atoms with E-state index in [4.69, 9.17) is 16.6 Å². The number of rotatable bonds is 6. The summed E-state index contributed by atoms with van der Waals surface area (Å²) in [4.78, 5) is 9.25. The number of halogens is 2. The normalized spacial score (nSPS) is 13.1. The summed E-state index contributed by atoms with van der Waals surface area (Å²) in [6, 6.07) is 2.48. The highest BCUT2D eigenvalue weighted by molar-refractivity contribution is 9.10. The summed E-state index contributed by atoms with van der Waals surface area (Å²) in [7, 11) is 0. The fourth-order valence-electron chi connectivity index (χ4n) is 2.50. The Bertz CT molecular complexity index is 553. The Morgan fingerprint density at radius 2 is 2.21 bits per heavy atom. The maximum atomic E-state index is 5.91. The van der Waals surface area contributed by atoms with E-state index in [1.165, 1.54) is 0 Å². The van der Waals surface area contributed by atoms with Crippen molar-refractivity contribution in [2.75, 3.05) is 5.88 Å². The molecule has 2 aromatic rings. The van der Waals surface area contributed by atoms with Gasteiger partial charge < -0.3 is 4.57 Å². The van der Waals surface area contributed by atoms with E-state index in [0.29, 0.717) is 11.9 Å². The maximum absolute atomic E-state index is 5.91. The minimum Gasteiger partial charge on any atom is -0.310 e.